The zero-order valence-corrected chi connectivity index (χ0v) is 12.2. The van der Waals surface area contributed by atoms with Crippen LogP contribution in [0.15, 0.2) is 24.3 Å². The predicted molar refractivity (Wildman–Crippen MR) is 75.3 cm³/mol. The van der Waals surface area contributed by atoms with Crippen LogP contribution in [0.3, 0.4) is 0 Å². The Morgan fingerprint density at radius 2 is 1.88 bits per heavy atom. The maximum atomic E-state index is 5.71. The van der Waals surface area contributed by atoms with E-state index in [2.05, 4.69) is 22.9 Å². The Labute approximate surface area is 112 Å². The summed E-state index contributed by atoms with van der Waals surface area (Å²) in [6.07, 6.45) is 2.28. The van der Waals surface area contributed by atoms with E-state index in [4.69, 9.17) is 9.47 Å². The van der Waals surface area contributed by atoms with E-state index >= 15 is 0 Å². The molecule has 0 fully saturated rings. The Balaban J connectivity index is 2.33. The Kier molecular flexibility index (Phi) is 7.10. The molecule has 1 unspecified atom stereocenters. The fourth-order valence-electron chi connectivity index (χ4n) is 1.53. The van der Waals surface area contributed by atoms with Gasteiger partial charge in [0.25, 0.3) is 0 Å². The molecule has 0 saturated heterocycles. The molecular formula is C14H21BrO2. The van der Waals surface area contributed by atoms with Crippen LogP contribution in [-0.2, 0) is 0 Å². The number of benzene rings is 1. The Hall–Kier alpha value is -0.700. The number of ether oxygens (including phenoxy) is 2. The fraction of sp³-hybridized carbons (Fsp3) is 0.571. The Bertz CT molecular complexity index is 315. The van der Waals surface area contributed by atoms with Crippen LogP contribution < -0.4 is 9.47 Å². The van der Waals surface area contributed by atoms with Crippen LogP contribution in [0.25, 0.3) is 0 Å². The van der Waals surface area contributed by atoms with Crippen molar-refractivity contribution < 1.29 is 9.47 Å². The molecule has 0 aliphatic heterocycles. The van der Waals surface area contributed by atoms with Crippen molar-refractivity contribution in [3.63, 3.8) is 0 Å². The third-order valence-electron chi connectivity index (χ3n) is 2.60. The molecule has 3 heteroatoms. The highest BCUT2D eigenvalue weighted by Crippen LogP contribution is 2.20. The van der Waals surface area contributed by atoms with Crippen molar-refractivity contribution in [2.24, 2.45) is 5.92 Å². The average Bonchev–Trinajstić information content (AvgIpc) is 2.30. The summed E-state index contributed by atoms with van der Waals surface area (Å²) in [6, 6.07) is 7.82. The molecule has 2 nitrogen and oxygen atoms in total. The van der Waals surface area contributed by atoms with E-state index in [0.717, 1.165) is 29.9 Å². The van der Waals surface area contributed by atoms with Gasteiger partial charge in [-0.15, -0.1) is 0 Å². The van der Waals surface area contributed by atoms with Crippen molar-refractivity contribution in [1.29, 1.82) is 0 Å². The molecule has 0 spiro atoms. The second kappa shape index (κ2) is 8.40. The lowest BCUT2D eigenvalue weighted by Gasteiger charge is -2.11. The SMILES string of the molecule is CCOc1cccc(OCCC(C)CCBr)c1. The first-order valence-corrected chi connectivity index (χ1v) is 7.30. The zero-order valence-electron chi connectivity index (χ0n) is 10.6. The van der Waals surface area contributed by atoms with Crippen LogP contribution in [0.1, 0.15) is 26.7 Å². The van der Waals surface area contributed by atoms with Crippen molar-refractivity contribution in [2.75, 3.05) is 18.5 Å². The molecule has 96 valence electrons. The third kappa shape index (κ3) is 5.97. The van der Waals surface area contributed by atoms with E-state index in [9.17, 15) is 0 Å². The summed E-state index contributed by atoms with van der Waals surface area (Å²) in [5.74, 6) is 2.46. The van der Waals surface area contributed by atoms with E-state index in [0.29, 0.717) is 12.5 Å². The lowest BCUT2D eigenvalue weighted by atomic mass is 10.1. The lowest BCUT2D eigenvalue weighted by molar-refractivity contribution is 0.279. The molecule has 1 aromatic carbocycles. The summed E-state index contributed by atoms with van der Waals surface area (Å²) < 4.78 is 11.1. The van der Waals surface area contributed by atoms with E-state index < -0.39 is 0 Å². The van der Waals surface area contributed by atoms with Crippen molar-refractivity contribution in [3.05, 3.63) is 24.3 Å². The number of hydrogen-bond donors (Lipinski definition) is 0. The molecule has 0 radical (unpaired) electrons. The first-order chi connectivity index (χ1) is 8.26. The maximum Gasteiger partial charge on any atom is 0.122 e. The van der Waals surface area contributed by atoms with Gasteiger partial charge in [0.15, 0.2) is 0 Å². The highest BCUT2D eigenvalue weighted by Gasteiger charge is 2.02. The van der Waals surface area contributed by atoms with Crippen LogP contribution in [0, 0.1) is 5.92 Å². The summed E-state index contributed by atoms with van der Waals surface area (Å²) in [7, 11) is 0. The number of alkyl halides is 1. The highest BCUT2D eigenvalue weighted by molar-refractivity contribution is 9.09. The van der Waals surface area contributed by atoms with E-state index in [1.54, 1.807) is 0 Å². The highest BCUT2D eigenvalue weighted by atomic mass is 79.9. The van der Waals surface area contributed by atoms with Crippen molar-refractivity contribution in [3.8, 4) is 11.5 Å². The Morgan fingerprint density at radius 3 is 2.53 bits per heavy atom. The molecule has 17 heavy (non-hydrogen) atoms. The summed E-state index contributed by atoms with van der Waals surface area (Å²) in [6.45, 7) is 5.69. The predicted octanol–water partition coefficient (Wildman–Crippen LogP) is 4.28. The van der Waals surface area contributed by atoms with Gasteiger partial charge in [-0.05, 0) is 37.8 Å². The normalized spacial score (nSPS) is 12.2. The van der Waals surface area contributed by atoms with Gasteiger partial charge < -0.3 is 9.47 Å². The molecule has 1 aromatic rings. The van der Waals surface area contributed by atoms with Crippen molar-refractivity contribution in [1.82, 2.24) is 0 Å². The van der Waals surface area contributed by atoms with Gasteiger partial charge in [-0.2, -0.15) is 0 Å². The zero-order chi connectivity index (χ0) is 12.5. The second-order valence-corrected chi connectivity index (χ2v) is 4.92. The molecule has 1 rings (SSSR count). The minimum Gasteiger partial charge on any atom is -0.494 e. The standard InChI is InChI=1S/C14H21BrO2/c1-3-16-13-5-4-6-14(11-13)17-10-8-12(2)7-9-15/h4-6,11-12H,3,7-10H2,1-2H3. The molecule has 0 amide bonds. The smallest absolute Gasteiger partial charge is 0.122 e. The van der Waals surface area contributed by atoms with Crippen molar-refractivity contribution in [2.45, 2.75) is 26.7 Å². The quantitative estimate of drug-likeness (QED) is 0.667. The molecule has 0 aromatic heterocycles. The summed E-state index contributed by atoms with van der Waals surface area (Å²) in [5.41, 5.74) is 0. The van der Waals surface area contributed by atoms with Gasteiger partial charge in [0.2, 0.25) is 0 Å². The van der Waals surface area contributed by atoms with Crippen LogP contribution in [0.5, 0.6) is 11.5 Å². The van der Waals surface area contributed by atoms with E-state index in [1.165, 1.54) is 6.42 Å². The largest absolute Gasteiger partial charge is 0.494 e. The van der Waals surface area contributed by atoms with Gasteiger partial charge in [0.1, 0.15) is 11.5 Å². The van der Waals surface area contributed by atoms with Gasteiger partial charge in [0, 0.05) is 11.4 Å². The maximum absolute atomic E-state index is 5.71. The van der Waals surface area contributed by atoms with Gasteiger partial charge in [-0.25, -0.2) is 0 Å². The van der Waals surface area contributed by atoms with Crippen LogP contribution in [-0.4, -0.2) is 18.5 Å². The third-order valence-corrected chi connectivity index (χ3v) is 3.06. The molecule has 0 aliphatic carbocycles. The van der Waals surface area contributed by atoms with E-state index in [1.807, 2.05) is 31.2 Å². The molecule has 0 aliphatic rings. The monoisotopic (exact) mass is 300 g/mol. The topological polar surface area (TPSA) is 18.5 Å². The van der Waals surface area contributed by atoms with Crippen molar-refractivity contribution >= 4 is 15.9 Å². The summed E-state index contributed by atoms with van der Waals surface area (Å²) >= 11 is 3.46. The first-order valence-electron chi connectivity index (χ1n) is 6.18. The summed E-state index contributed by atoms with van der Waals surface area (Å²) in [5, 5.41) is 1.06. The van der Waals surface area contributed by atoms with Gasteiger partial charge >= 0.3 is 0 Å². The van der Waals surface area contributed by atoms with Gasteiger partial charge in [-0.1, -0.05) is 28.9 Å². The van der Waals surface area contributed by atoms with Gasteiger partial charge in [0.05, 0.1) is 13.2 Å². The molecular weight excluding hydrogens is 280 g/mol. The van der Waals surface area contributed by atoms with Gasteiger partial charge in [-0.3, -0.25) is 0 Å². The minimum atomic E-state index is 0.686. The van der Waals surface area contributed by atoms with E-state index in [-0.39, 0.29) is 0 Å². The van der Waals surface area contributed by atoms with Crippen LogP contribution >= 0.6 is 15.9 Å². The minimum absolute atomic E-state index is 0.686. The average molecular weight is 301 g/mol. The van der Waals surface area contributed by atoms with Crippen LogP contribution in [0.2, 0.25) is 0 Å². The van der Waals surface area contributed by atoms with Crippen LogP contribution in [0.4, 0.5) is 0 Å². The lowest BCUT2D eigenvalue weighted by Crippen LogP contribution is -2.04. The fourth-order valence-corrected chi connectivity index (χ4v) is 2.31. The molecule has 1 atom stereocenters. The number of rotatable bonds is 8. The molecule has 0 saturated carbocycles. The Morgan fingerprint density at radius 1 is 1.18 bits per heavy atom. The molecule has 0 N–H and O–H groups in total. The molecule has 0 bridgehead atoms. The summed E-state index contributed by atoms with van der Waals surface area (Å²) in [4.78, 5) is 0. The second-order valence-electron chi connectivity index (χ2n) is 4.13. The first kappa shape index (κ1) is 14.4. The number of hydrogen-bond acceptors (Lipinski definition) is 2. The molecule has 0 heterocycles. The number of halogens is 1.